The highest BCUT2D eigenvalue weighted by atomic mass is 16.5. The number of aromatic amines is 1. The van der Waals surface area contributed by atoms with Crippen molar-refractivity contribution in [2.45, 2.75) is 64.3 Å². The molecule has 3 N–H and O–H groups in total. The van der Waals surface area contributed by atoms with E-state index in [0.29, 0.717) is 24.7 Å². The number of carbonyl (C=O) groups is 3. The second-order valence-electron chi connectivity index (χ2n) is 17.9. The number of nitrogens with one attached hydrogen (secondary N) is 3. The molecule has 1 aliphatic carbocycles. The third-order valence-electron chi connectivity index (χ3n) is 12.9. The number of piperidine rings is 1. The Bertz CT molecular complexity index is 2630. The molecule has 4 amide bonds. The molecule has 3 aromatic carbocycles. The molecule has 0 saturated carbocycles. The SMILES string of the molecule is CC(C)(C)c1noc(C(=O)N[C@@H]2CCc3cc(-c4ncnc5[nH]c6cc(N7CCN(CC8CCN(c9ccc(N%10CCC(=O)NC%10=O)cc9)CC8)CC7)ccc6c45)ccc32)n1. The number of urea groups is 1. The molecule has 0 spiro atoms. The van der Waals surface area contributed by atoms with Crippen LogP contribution in [-0.4, -0.2) is 100 Å². The molecule has 6 aromatic rings. The summed E-state index contributed by atoms with van der Waals surface area (Å²) < 4.78 is 5.29. The molecule has 15 heteroatoms. The summed E-state index contributed by atoms with van der Waals surface area (Å²) in [5, 5.41) is 11.6. The molecule has 3 aromatic heterocycles. The zero-order chi connectivity index (χ0) is 41.8. The summed E-state index contributed by atoms with van der Waals surface area (Å²) in [6, 6.07) is 20.8. The third kappa shape index (κ3) is 7.66. The molecule has 1 atom stereocenters. The third-order valence-corrected chi connectivity index (χ3v) is 12.9. The van der Waals surface area contributed by atoms with Crippen molar-refractivity contribution in [1.29, 1.82) is 0 Å². The van der Waals surface area contributed by atoms with Crippen LogP contribution >= 0.6 is 0 Å². The van der Waals surface area contributed by atoms with Gasteiger partial charge in [-0.3, -0.25) is 24.7 Å². The number of H-pyrrole nitrogens is 1. The molecule has 3 saturated heterocycles. The van der Waals surface area contributed by atoms with Crippen molar-refractivity contribution in [3.63, 3.8) is 0 Å². The van der Waals surface area contributed by atoms with Gasteiger partial charge >= 0.3 is 17.8 Å². The largest absolute Gasteiger partial charge is 0.372 e. The summed E-state index contributed by atoms with van der Waals surface area (Å²) in [6.07, 6.45) is 5.90. The lowest BCUT2D eigenvalue weighted by Crippen LogP contribution is -2.49. The van der Waals surface area contributed by atoms with E-state index in [1.807, 2.05) is 32.9 Å². The quantitative estimate of drug-likeness (QED) is 0.156. The predicted octanol–water partition coefficient (Wildman–Crippen LogP) is 6.36. The molecule has 6 heterocycles. The molecule has 10 rings (SSSR count). The Morgan fingerprint density at radius 1 is 0.836 bits per heavy atom. The second kappa shape index (κ2) is 15.6. The smallest absolute Gasteiger partial charge is 0.328 e. The van der Waals surface area contributed by atoms with Crippen LogP contribution < -0.4 is 25.3 Å². The first-order valence-corrected chi connectivity index (χ1v) is 21.5. The minimum Gasteiger partial charge on any atom is -0.372 e. The Balaban J connectivity index is 0.749. The van der Waals surface area contributed by atoms with E-state index in [2.05, 4.69) is 94.0 Å². The Morgan fingerprint density at radius 3 is 2.34 bits per heavy atom. The van der Waals surface area contributed by atoms with Crippen LogP contribution in [0.2, 0.25) is 0 Å². The Kier molecular flexibility index (Phi) is 9.93. The fourth-order valence-electron chi connectivity index (χ4n) is 9.47. The molecule has 61 heavy (non-hydrogen) atoms. The number of aromatic nitrogens is 5. The van der Waals surface area contributed by atoms with Gasteiger partial charge in [0.2, 0.25) is 5.91 Å². The Labute approximate surface area is 353 Å². The van der Waals surface area contributed by atoms with Gasteiger partial charge < -0.3 is 24.6 Å². The molecular formula is C46H51N11O4. The van der Waals surface area contributed by atoms with Gasteiger partial charge in [-0.25, -0.2) is 14.8 Å². The number of hydrogen-bond acceptors (Lipinski definition) is 11. The van der Waals surface area contributed by atoms with Gasteiger partial charge in [0.1, 0.15) is 12.0 Å². The van der Waals surface area contributed by atoms with Gasteiger partial charge in [0.25, 0.3) is 0 Å². The first-order valence-electron chi connectivity index (χ1n) is 21.5. The first kappa shape index (κ1) is 38.8. The van der Waals surface area contributed by atoms with Gasteiger partial charge in [-0.1, -0.05) is 44.1 Å². The van der Waals surface area contributed by atoms with Crippen LogP contribution in [0, 0.1) is 5.92 Å². The van der Waals surface area contributed by atoms with E-state index < -0.39 is 0 Å². The van der Waals surface area contributed by atoms with E-state index in [4.69, 9.17) is 9.51 Å². The number of aryl methyl sites for hydroxylation is 1. The van der Waals surface area contributed by atoms with Crippen molar-refractivity contribution in [2.24, 2.45) is 5.92 Å². The molecular weight excluding hydrogens is 771 g/mol. The number of amides is 4. The topological polar surface area (TPSA) is 169 Å². The fourth-order valence-corrected chi connectivity index (χ4v) is 9.47. The first-order chi connectivity index (χ1) is 29.5. The minimum absolute atomic E-state index is 0.0125. The summed E-state index contributed by atoms with van der Waals surface area (Å²) in [7, 11) is 0. The zero-order valence-electron chi connectivity index (χ0n) is 34.9. The average Bonchev–Trinajstić information content (AvgIpc) is 4.02. The lowest BCUT2D eigenvalue weighted by Gasteiger charge is -2.40. The van der Waals surface area contributed by atoms with Gasteiger partial charge in [-0.05, 0) is 85.2 Å². The van der Waals surface area contributed by atoms with Crippen molar-refractivity contribution in [3.05, 3.63) is 89.8 Å². The molecule has 314 valence electrons. The van der Waals surface area contributed by atoms with E-state index in [1.165, 1.54) is 16.9 Å². The number of nitrogens with zero attached hydrogens (tertiary/aromatic N) is 8. The Morgan fingerprint density at radius 2 is 1.59 bits per heavy atom. The van der Waals surface area contributed by atoms with E-state index in [9.17, 15) is 14.4 Å². The lowest BCUT2D eigenvalue weighted by atomic mass is 9.95. The molecule has 4 aliphatic rings. The number of hydrogen-bond donors (Lipinski definition) is 3. The maximum Gasteiger partial charge on any atom is 0.328 e. The van der Waals surface area contributed by atoms with Crippen LogP contribution in [-0.2, 0) is 16.6 Å². The van der Waals surface area contributed by atoms with Crippen LogP contribution in [0.15, 0.2) is 71.5 Å². The number of rotatable bonds is 8. The molecule has 0 radical (unpaired) electrons. The van der Waals surface area contributed by atoms with E-state index in [-0.39, 0.29) is 35.2 Å². The van der Waals surface area contributed by atoms with Gasteiger partial charge in [0.15, 0.2) is 5.82 Å². The van der Waals surface area contributed by atoms with Crippen LogP contribution in [0.1, 0.15) is 80.1 Å². The summed E-state index contributed by atoms with van der Waals surface area (Å²) in [5.74, 6) is 0.593. The van der Waals surface area contributed by atoms with Crippen LogP contribution in [0.4, 0.5) is 21.9 Å². The summed E-state index contributed by atoms with van der Waals surface area (Å²) in [5.41, 5.74) is 8.96. The normalized spacial score (nSPS) is 19.2. The van der Waals surface area contributed by atoms with Gasteiger partial charge in [0.05, 0.1) is 17.1 Å². The highest BCUT2D eigenvalue weighted by molar-refractivity contribution is 6.12. The maximum atomic E-state index is 13.0. The summed E-state index contributed by atoms with van der Waals surface area (Å²) >= 11 is 0. The van der Waals surface area contributed by atoms with E-state index >= 15 is 0 Å². The van der Waals surface area contributed by atoms with Gasteiger partial charge in [-0.2, -0.15) is 4.98 Å². The number of piperazine rings is 1. The maximum absolute atomic E-state index is 13.0. The highest BCUT2D eigenvalue weighted by Gasteiger charge is 2.30. The fraction of sp³-hybridized carbons (Fsp3) is 0.413. The number of fused-ring (bicyclic) bond motifs is 4. The molecule has 15 nitrogen and oxygen atoms in total. The zero-order valence-corrected chi connectivity index (χ0v) is 34.9. The molecule has 0 unspecified atom stereocenters. The average molecular weight is 822 g/mol. The number of benzene rings is 3. The van der Waals surface area contributed by atoms with E-state index in [1.54, 1.807) is 11.2 Å². The number of anilines is 3. The summed E-state index contributed by atoms with van der Waals surface area (Å²) in [6.45, 7) is 13.6. The second-order valence-corrected chi connectivity index (χ2v) is 17.9. The van der Waals surface area contributed by atoms with Gasteiger partial charge in [-0.15, -0.1) is 0 Å². The number of imide groups is 1. The highest BCUT2D eigenvalue weighted by Crippen LogP contribution is 2.38. The monoisotopic (exact) mass is 821 g/mol. The van der Waals surface area contributed by atoms with Crippen molar-refractivity contribution in [2.75, 3.05) is 67.1 Å². The Hall–Kier alpha value is -6.35. The van der Waals surface area contributed by atoms with Crippen LogP contribution in [0.5, 0.6) is 0 Å². The molecule has 3 aliphatic heterocycles. The van der Waals surface area contributed by atoms with E-state index in [0.717, 1.165) is 116 Å². The predicted molar refractivity (Wildman–Crippen MR) is 234 cm³/mol. The molecule has 3 fully saturated rings. The molecule has 0 bridgehead atoms. The van der Waals surface area contributed by atoms with Crippen molar-refractivity contribution >= 4 is 56.8 Å². The summed E-state index contributed by atoms with van der Waals surface area (Å²) in [4.78, 5) is 63.4. The lowest BCUT2D eigenvalue weighted by molar-refractivity contribution is -0.120. The number of carbonyl (C=O) groups excluding carboxylic acids is 3. The van der Waals surface area contributed by atoms with Crippen molar-refractivity contribution < 1.29 is 18.9 Å². The standard InChI is InChI=1S/C46H51N11O4/c1-46(2,3)44-52-43(61-53-44)42(59)50-36-13-5-29-24-30(4-11-34(29)36)40-39-35-12-10-33(25-37(35)49-41(39)48-27-47-40)56-22-20-54(21-23-56)26-28-14-17-55(18-15-28)31-6-8-32(9-7-31)57-19-16-38(58)51-45(57)60/h4,6-12,24-25,27-28,36H,5,13-23,26H2,1-3H3,(H,50,59)(H,47,48,49)(H,51,58,60)/t36-/m1/s1. The van der Waals surface area contributed by atoms with Crippen LogP contribution in [0.25, 0.3) is 33.2 Å². The van der Waals surface area contributed by atoms with Crippen molar-refractivity contribution in [1.82, 2.24) is 40.6 Å². The van der Waals surface area contributed by atoms with Crippen LogP contribution in [0.3, 0.4) is 0 Å². The van der Waals surface area contributed by atoms with Crippen molar-refractivity contribution in [3.8, 4) is 11.3 Å². The minimum atomic E-state index is -0.357. The van der Waals surface area contributed by atoms with Gasteiger partial charge in [0, 0.05) is 97.7 Å².